The largest absolute Gasteiger partial charge is 0.383 e. The van der Waals surface area contributed by atoms with Gasteiger partial charge >= 0.3 is 0 Å². The Morgan fingerprint density at radius 1 is 1.00 bits per heavy atom. The molecule has 0 aromatic carbocycles. The highest BCUT2D eigenvalue weighted by atomic mass is 16.5. The normalized spacial score (nSPS) is 10.9. The molecule has 2 rings (SSSR count). The van der Waals surface area contributed by atoms with Gasteiger partial charge in [-0.15, -0.1) is 0 Å². The standard InChI is InChI=1S/C15H21N5O/c1-10-7-17-14(18-8-10)15-19-11(2)13(12(3)20-15)9-16-5-6-21-4/h7-8,16H,5-6,9H2,1-4H3. The third-order valence-electron chi connectivity index (χ3n) is 3.19. The first-order chi connectivity index (χ1) is 10.1. The summed E-state index contributed by atoms with van der Waals surface area (Å²) >= 11 is 0. The van der Waals surface area contributed by atoms with E-state index >= 15 is 0 Å². The third kappa shape index (κ3) is 4.03. The summed E-state index contributed by atoms with van der Waals surface area (Å²) < 4.78 is 5.02. The van der Waals surface area contributed by atoms with Crippen LogP contribution in [0.15, 0.2) is 12.4 Å². The lowest BCUT2D eigenvalue weighted by atomic mass is 10.1. The molecule has 6 heteroatoms. The van der Waals surface area contributed by atoms with Crippen molar-refractivity contribution in [3.63, 3.8) is 0 Å². The van der Waals surface area contributed by atoms with Gasteiger partial charge in [-0.05, 0) is 26.3 Å². The average molecular weight is 287 g/mol. The molecule has 0 spiro atoms. The Labute approximate surface area is 125 Å². The van der Waals surface area contributed by atoms with Gasteiger partial charge in [-0.1, -0.05) is 0 Å². The number of nitrogens with one attached hydrogen (secondary N) is 1. The van der Waals surface area contributed by atoms with Crippen molar-refractivity contribution in [2.75, 3.05) is 20.3 Å². The van der Waals surface area contributed by atoms with E-state index in [4.69, 9.17) is 4.74 Å². The molecule has 0 radical (unpaired) electrons. The van der Waals surface area contributed by atoms with Crippen LogP contribution in [0.5, 0.6) is 0 Å². The van der Waals surface area contributed by atoms with E-state index in [1.807, 2.05) is 20.8 Å². The fraction of sp³-hybridized carbons (Fsp3) is 0.467. The predicted molar refractivity (Wildman–Crippen MR) is 80.9 cm³/mol. The molecule has 0 aliphatic rings. The Morgan fingerprint density at radius 2 is 1.62 bits per heavy atom. The molecular weight excluding hydrogens is 266 g/mol. The molecule has 2 aromatic heterocycles. The van der Waals surface area contributed by atoms with Crippen LogP contribution in [-0.2, 0) is 11.3 Å². The Morgan fingerprint density at radius 3 is 2.19 bits per heavy atom. The minimum absolute atomic E-state index is 0.561. The number of rotatable bonds is 6. The van der Waals surface area contributed by atoms with E-state index < -0.39 is 0 Å². The Bertz CT molecular complexity index is 575. The summed E-state index contributed by atoms with van der Waals surface area (Å²) in [5, 5.41) is 3.31. The van der Waals surface area contributed by atoms with E-state index in [-0.39, 0.29) is 0 Å². The van der Waals surface area contributed by atoms with Crippen molar-refractivity contribution in [1.82, 2.24) is 25.3 Å². The lowest BCUT2D eigenvalue weighted by molar-refractivity contribution is 0.199. The molecule has 0 saturated carbocycles. The zero-order valence-corrected chi connectivity index (χ0v) is 13.0. The van der Waals surface area contributed by atoms with Crippen LogP contribution in [0.2, 0.25) is 0 Å². The van der Waals surface area contributed by atoms with Gasteiger partial charge in [0.15, 0.2) is 11.6 Å². The zero-order valence-electron chi connectivity index (χ0n) is 13.0. The number of aryl methyl sites for hydroxylation is 3. The molecule has 0 fully saturated rings. The SMILES string of the molecule is COCCNCc1c(C)nc(-c2ncc(C)cn2)nc1C. The van der Waals surface area contributed by atoms with Gasteiger partial charge in [-0.3, -0.25) is 0 Å². The lowest BCUT2D eigenvalue weighted by Crippen LogP contribution is -2.20. The van der Waals surface area contributed by atoms with Crippen LogP contribution in [0.1, 0.15) is 22.5 Å². The van der Waals surface area contributed by atoms with Crippen LogP contribution in [-0.4, -0.2) is 40.2 Å². The number of ether oxygens (including phenoxy) is 1. The van der Waals surface area contributed by atoms with Crippen LogP contribution in [0.25, 0.3) is 11.6 Å². The van der Waals surface area contributed by atoms with E-state index in [0.29, 0.717) is 18.3 Å². The molecule has 0 amide bonds. The van der Waals surface area contributed by atoms with Gasteiger partial charge in [0, 0.05) is 49.5 Å². The number of nitrogens with zero attached hydrogens (tertiary/aromatic N) is 4. The monoisotopic (exact) mass is 287 g/mol. The molecule has 0 atom stereocenters. The summed E-state index contributed by atoms with van der Waals surface area (Å²) in [7, 11) is 1.69. The maximum atomic E-state index is 5.02. The quantitative estimate of drug-likeness (QED) is 0.814. The number of hydrogen-bond donors (Lipinski definition) is 1. The molecule has 1 N–H and O–H groups in total. The first-order valence-corrected chi connectivity index (χ1v) is 6.94. The van der Waals surface area contributed by atoms with Crippen LogP contribution < -0.4 is 5.32 Å². The lowest BCUT2D eigenvalue weighted by Gasteiger charge is -2.11. The first-order valence-electron chi connectivity index (χ1n) is 6.94. The van der Waals surface area contributed by atoms with E-state index in [1.54, 1.807) is 19.5 Å². The highest BCUT2D eigenvalue weighted by Gasteiger charge is 2.11. The summed E-state index contributed by atoms with van der Waals surface area (Å²) in [4.78, 5) is 17.6. The van der Waals surface area contributed by atoms with Crippen molar-refractivity contribution < 1.29 is 4.74 Å². The zero-order chi connectivity index (χ0) is 15.2. The summed E-state index contributed by atoms with van der Waals surface area (Å²) in [6, 6.07) is 0. The van der Waals surface area contributed by atoms with Crippen molar-refractivity contribution in [2.45, 2.75) is 27.3 Å². The Balaban J connectivity index is 2.18. The molecule has 112 valence electrons. The first kappa shape index (κ1) is 15.5. The van der Waals surface area contributed by atoms with Gasteiger partial charge in [0.2, 0.25) is 0 Å². The number of methoxy groups -OCH3 is 1. The van der Waals surface area contributed by atoms with Gasteiger partial charge < -0.3 is 10.1 Å². The molecular formula is C15H21N5O. The molecule has 2 aromatic rings. The van der Waals surface area contributed by atoms with Crippen LogP contribution in [0, 0.1) is 20.8 Å². The highest BCUT2D eigenvalue weighted by molar-refractivity contribution is 5.45. The molecule has 2 heterocycles. The molecule has 0 aliphatic carbocycles. The summed E-state index contributed by atoms with van der Waals surface area (Å²) in [6.45, 7) is 8.15. The third-order valence-corrected chi connectivity index (χ3v) is 3.19. The van der Waals surface area contributed by atoms with Crippen molar-refractivity contribution in [3.05, 3.63) is 34.9 Å². The van der Waals surface area contributed by atoms with E-state index in [9.17, 15) is 0 Å². The van der Waals surface area contributed by atoms with Crippen molar-refractivity contribution in [1.29, 1.82) is 0 Å². The van der Waals surface area contributed by atoms with Gasteiger partial charge in [0.05, 0.1) is 6.61 Å². The molecule has 0 aliphatic heterocycles. The smallest absolute Gasteiger partial charge is 0.198 e. The Hall–Kier alpha value is -1.92. The maximum Gasteiger partial charge on any atom is 0.198 e. The maximum absolute atomic E-state index is 5.02. The van der Waals surface area contributed by atoms with E-state index in [1.165, 1.54) is 0 Å². The average Bonchev–Trinajstić information content (AvgIpc) is 2.46. The second-order valence-corrected chi connectivity index (χ2v) is 4.95. The molecule has 0 saturated heterocycles. The van der Waals surface area contributed by atoms with Crippen molar-refractivity contribution in [3.8, 4) is 11.6 Å². The van der Waals surface area contributed by atoms with Crippen LogP contribution >= 0.6 is 0 Å². The predicted octanol–water partition coefficient (Wildman–Crippen LogP) is 1.59. The number of hydrogen-bond acceptors (Lipinski definition) is 6. The molecule has 21 heavy (non-hydrogen) atoms. The number of aromatic nitrogens is 4. The van der Waals surface area contributed by atoms with Crippen LogP contribution in [0.3, 0.4) is 0 Å². The van der Waals surface area contributed by atoms with Gasteiger partial charge in [0.25, 0.3) is 0 Å². The topological polar surface area (TPSA) is 72.8 Å². The minimum atomic E-state index is 0.561. The van der Waals surface area contributed by atoms with E-state index in [2.05, 4.69) is 25.3 Å². The van der Waals surface area contributed by atoms with Gasteiger partial charge in [-0.2, -0.15) is 0 Å². The molecule has 0 unspecified atom stereocenters. The minimum Gasteiger partial charge on any atom is -0.383 e. The highest BCUT2D eigenvalue weighted by Crippen LogP contribution is 2.15. The van der Waals surface area contributed by atoms with Gasteiger partial charge in [-0.25, -0.2) is 19.9 Å². The molecule has 0 bridgehead atoms. The van der Waals surface area contributed by atoms with Crippen LogP contribution in [0.4, 0.5) is 0 Å². The second-order valence-electron chi connectivity index (χ2n) is 4.95. The molecule has 6 nitrogen and oxygen atoms in total. The fourth-order valence-corrected chi connectivity index (χ4v) is 1.99. The second kappa shape index (κ2) is 7.19. The summed E-state index contributed by atoms with van der Waals surface area (Å²) in [6.07, 6.45) is 3.55. The summed E-state index contributed by atoms with van der Waals surface area (Å²) in [5.41, 5.74) is 4.03. The fourth-order valence-electron chi connectivity index (χ4n) is 1.99. The van der Waals surface area contributed by atoms with Gasteiger partial charge in [0.1, 0.15) is 0 Å². The van der Waals surface area contributed by atoms with E-state index in [0.717, 1.165) is 35.6 Å². The van der Waals surface area contributed by atoms with Crippen molar-refractivity contribution >= 4 is 0 Å². The summed E-state index contributed by atoms with van der Waals surface area (Å²) in [5.74, 6) is 1.14. The van der Waals surface area contributed by atoms with Crippen molar-refractivity contribution in [2.24, 2.45) is 0 Å². The Kier molecular flexibility index (Phi) is 5.30.